The molecule has 0 radical (unpaired) electrons. The van der Waals surface area contributed by atoms with Crippen LogP contribution in [0.25, 0.3) is 0 Å². The average molecular weight is 237 g/mol. The van der Waals surface area contributed by atoms with Gasteiger partial charge < -0.3 is 15.6 Å². The largest absolute Gasteiger partial charge is 0.479 e. The van der Waals surface area contributed by atoms with Gasteiger partial charge >= 0.3 is 11.9 Å². The van der Waals surface area contributed by atoms with Crippen molar-refractivity contribution in [2.24, 2.45) is 5.73 Å². The molecule has 17 heavy (non-hydrogen) atoms. The topological polar surface area (TPSA) is 89.6 Å². The van der Waals surface area contributed by atoms with E-state index < -0.39 is 17.5 Å². The minimum Gasteiger partial charge on any atom is -0.479 e. The zero-order valence-electron chi connectivity index (χ0n) is 9.55. The minimum atomic E-state index is -2.03. The maximum absolute atomic E-state index is 11.6. The number of carbonyl (C=O) groups is 2. The quantitative estimate of drug-likeness (QED) is 0.577. The van der Waals surface area contributed by atoms with E-state index in [1.165, 1.54) is 0 Å². The lowest BCUT2D eigenvalue weighted by Crippen LogP contribution is -2.57. The van der Waals surface area contributed by atoms with Crippen LogP contribution < -0.4 is 5.73 Å². The van der Waals surface area contributed by atoms with E-state index in [1.807, 2.05) is 0 Å². The zero-order chi connectivity index (χ0) is 12.9. The van der Waals surface area contributed by atoms with Gasteiger partial charge in [0.05, 0.1) is 6.61 Å². The zero-order valence-corrected chi connectivity index (χ0v) is 9.55. The van der Waals surface area contributed by atoms with Crippen molar-refractivity contribution in [3.05, 3.63) is 35.9 Å². The Bertz CT molecular complexity index is 404. The van der Waals surface area contributed by atoms with Gasteiger partial charge in [0, 0.05) is 6.42 Å². The lowest BCUT2D eigenvalue weighted by molar-refractivity contribution is -0.160. The Morgan fingerprint density at radius 1 is 1.35 bits per heavy atom. The fourth-order valence-corrected chi connectivity index (χ4v) is 1.41. The monoisotopic (exact) mass is 237 g/mol. The predicted molar refractivity (Wildman–Crippen MR) is 61.3 cm³/mol. The summed E-state index contributed by atoms with van der Waals surface area (Å²) in [4.78, 5) is 22.7. The van der Waals surface area contributed by atoms with Crippen molar-refractivity contribution in [2.45, 2.75) is 18.9 Å². The summed E-state index contributed by atoms with van der Waals surface area (Å²) in [5, 5.41) is 9.07. The van der Waals surface area contributed by atoms with Gasteiger partial charge in [-0.1, -0.05) is 30.3 Å². The van der Waals surface area contributed by atoms with Crippen LogP contribution in [0.3, 0.4) is 0 Å². The highest BCUT2D eigenvalue weighted by Crippen LogP contribution is 2.13. The van der Waals surface area contributed by atoms with E-state index in [0.717, 1.165) is 0 Å². The van der Waals surface area contributed by atoms with E-state index in [1.54, 1.807) is 37.3 Å². The van der Waals surface area contributed by atoms with Crippen LogP contribution in [0.5, 0.6) is 0 Å². The second-order valence-electron chi connectivity index (χ2n) is 3.66. The molecule has 92 valence electrons. The molecule has 0 bridgehead atoms. The second kappa shape index (κ2) is 5.45. The van der Waals surface area contributed by atoms with Gasteiger partial charge in [-0.15, -0.1) is 0 Å². The van der Waals surface area contributed by atoms with Gasteiger partial charge in [0.25, 0.3) is 0 Å². The average Bonchev–Trinajstić information content (AvgIpc) is 2.30. The van der Waals surface area contributed by atoms with Gasteiger partial charge in [0.2, 0.25) is 5.54 Å². The molecule has 0 aromatic heterocycles. The smallest absolute Gasteiger partial charge is 0.338 e. The first-order chi connectivity index (χ1) is 8.00. The normalized spacial score (nSPS) is 13.8. The molecule has 0 saturated heterocycles. The maximum atomic E-state index is 11.6. The van der Waals surface area contributed by atoms with Crippen molar-refractivity contribution in [1.29, 1.82) is 0 Å². The first kappa shape index (κ1) is 13.2. The van der Waals surface area contributed by atoms with E-state index in [0.29, 0.717) is 5.56 Å². The van der Waals surface area contributed by atoms with Crippen LogP contribution in [0.2, 0.25) is 0 Å². The molecule has 1 unspecified atom stereocenters. The van der Waals surface area contributed by atoms with E-state index in [9.17, 15) is 9.59 Å². The summed E-state index contributed by atoms with van der Waals surface area (Å²) in [6.07, 6.45) is -0.0952. The van der Waals surface area contributed by atoms with E-state index in [4.69, 9.17) is 15.6 Å². The summed E-state index contributed by atoms with van der Waals surface area (Å²) in [7, 11) is 0. The predicted octanol–water partition coefficient (Wildman–Crippen LogP) is 0.574. The number of carboxylic acid groups (broad SMARTS) is 1. The SMILES string of the molecule is CCOC(=O)C(N)(Cc1ccccc1)C(=O)O. The Hall–Kier alpha value is -1.88. The third kappa shape index (κ3) is 3.04. The first-order valence-corrected chi connectivity index (χ1v) is 5.24. The molecule has 0 fully saturated rings. The molecule has 3 N–H and O–H groups in total. The Balaban J connectivity index is 2.93. The lowest BCUT2D eigenvalue weighted by atomic mass is 9.92. The third-order valence-electron chi connectivity index (χ3n) is 2.35. The highest BCUT2D eigenvalue weighted by molar-refractivity contribution is 6.04. The number of benzene rings is 1. The van der Waals surface area contributed by atoms with Crippen LogP contribution in [0.4, 0.5) is 0 Å². The van der Waals surface area contributed by atoms with Gasteiger partial charge in [0.1, 0.15) is 0 Å². The van der Waals surface area contributed by atoms with Crippen LogP contribution >= 0.6 is 0 Å². The molecule has 1 rings (SSSR count). The second-order valence-corrected chi connectivity index (χ2v) is 3.66. The van der Waals surface area contributed by atoms with Crippen LogP contribution in [-0.4, -0.2) is 29.2 Å². The summed E-state index contributed by atoms with van der Waals surface area (Å²) in [5.74, 6) is -2.31. The molecule has 5 nitrogen and oxygen atoms in total. The van der Waals surface area contributed by atoms with E-state index in [-0.39, 0.29) is 13.0 Å². The van der Waals surface area contributed by atoms with E-state index in [2.05, 4.69) is 0 Å². The van der Waals surface area contributed by atoms with Crippen molar-refractivity contribution < 1.29 is 19.4 Å². The molecule has 1 aromatic rings. The number of hydrogen-bond acceptors (Lipinski definition) is 4. The van der Waals surface area contributed by atoms with Crippen LogP contribution in [0.15, 0.2) is 30.3 Å². The summed E-state index contributed by atoms with van der Waals surface area (Å²) in [6.45, 7) is 1.70. The van der Waals surface area contributed by atoms with Crippen LogP contribution in [-0.2, 0) is 20.7 Å². The Morgan fingerprint density at radius 2 is 1.94 bits per heavy atom. The molecule has 0 aliphatic heterocycles. The number of aliphatic carboxylic acids is 1. The summed E-state index contributed by atoms with van der Waals surface area (Å²) in [5.41, 5.74) is 4.27. The maximum Gasteiger partial charge on any atom is 0.338 e. The number of ether oxygens (including phenoxy) is 1. The van der Waals surface area contributed by atoms with Crippen molar-refractivity contribution in [1.82, 2.24) is 0 Å². The Labute approximate surface area is 99.2 Å². The number of hydrogen-bond donors (Lipinski definition) is 2. The van der Waals surface area contributed by atoms with Crippen molar-refractivity contribution in [3.63, 3.8) is 0 Å². The Kier molecular flexibility index (Phi) is 4.23. The molecular formula is C12H15NO4. The van der Waals surface area contributed by atoms with Gasteiger partial charge in [0.15, 0.2) is 0 Å². The fourth-order valence-electron chi connectivity index (χ4n) is 1.41. The standard InChI is InChI=1S/C12H15NO4/c1-2-17-11(16)12(13,10(14)15)8-9-6-4-3-5-7-9/h3-7H,2,8,13H2,1H3,(H,14,15). The molecule has 0 spiro atoms. The van der Waals surface area contributed by atoms with Crippen molar-refractivity contribution in [2.75, 3.05) is 6.61 Å². The fraction of sp³-hybridized carbons (Fsp3) is 0.333. The Morgan fingerprint density at radius 3 is 2.41 bits per heavy atom. The number of carbonyl (C=O) groups excluding carboxylic acids is 1. The number of nitrogens with two attached hydrogens (primary N) is 1. The molecule has 0 saturated carbocycles. The van der Waals surface area contributed by atoms with Crippen LogP contribution in [0.1, 0.15) is 12.5 Å². The van der Waals surface area contributed by atoms with Crippen LogP contribution in [0, 0.1) is 0 Å². The number of rotatable bonds is 5. The van der Waals surface area contributed by atoms with E-state index >= 15 is 0 Å². The highest BCUT2D eigenvalue weighted by Gasteiger charge is 2.43. The first-order valence-electron chi connectivity index (χ1n) is 5.24. The molecule has 1 atom stereocenters. The third-order valence-corrected chi connectivity index (χ3v) is 2.35. The van der Waals surface area contributed by atoms with Gasteiger partial charge in [-0.25, -0.2) is 9.59 Å². The summed E-state index contributed by atoms with van der Waals surface area (Å²) in [6, 6.07) is 8.73. The molecule has 0 aliphatic carbocycles. The molecule has 0 amide bonds. The minimum absolute atomic E-state index is 0.0952. The van der Waals surface area contributed by atoms with Crippen molar-refractivity contribution in [3.8, 4) is 0 Å². The van der Waals surface area contributed by atoms with Gasteiger partial charge in [-0.2, -0.15) is 0 Å². The van der Waals surface area contributed by atoms with Gasteiger partial charge in [-0.05, 0) is 12.5 Å². The van der Waals surface area contributed by atoms with Crippen molar-refractivity contribution >= 4 is 11.9 Å². The lowest BCUT2D eigenvalue weighted by Gasteiger charge is -2.22. The highest BCUT2D eigenvalue weighted by atomic mass is 16.5. The molecule has 5 heteroatoms. The molecule has 1 aromatic carbocycles. The molecular weight excluding hydrogens is 222 g/mol. The molecule has 0 aliphatic rings. The molecule has 0 heterocycles. The summed E-state index contributed by atoms with van der Waals surface area (Å²) < 4.78 is 4.70. The number of esters is 1. The summed E-state index contributed by atoms with van der Waals surface area (Å²) >= 11 is 0. The number of carboxylic acids is 1. The van der Waals surface area contributed by atoms with Gasteiger partial charge in [-0.3, -0.25) is 0 Å².